The predicted molar refractivity (Wildman–Crippen MR) is 122 cm³/mol. The fourth-order valence-corrected chi connectivity index (χ4v) is 4.34. The van der Waals surface area contributed by atoms with Crippen LogP contribution in [0.3, 0.4) is 0 Å². The molecular weight excluding hydrogens is 414 g/mol. The van der Waals surface area contributed by atoms with Gasteiger partial charge in [0.2, 0.25) is 5.91 Å². The number of benzene rings is 2. The standard InChI is InChI=1S/C22H21N5OS2/c1-15-8-10-17(11-9-15)18-13-29-21(23-18)24-20(28)14-30-22-26-25-19(27(22)2)12-16-6-4-3-5-7-16/h3-11,13H,12,14H2,1-2H3,(H,23,24,28). The Morgan fingerprint density at radius 1 is 1.10 bits per heavy atom. The summed E-state index contributed by atoms with van der Waals surface area (Å²) in [6.45, 7) is 2.05. The molecule has 0 aliphatic rings. The van der Waals surface area contributed by atoms with E-state index in [0.717, 1.165) is 22.2 Å². The Morgan fingerprint density at radius 2 is 1.87 bits per heavy atom. The van der Waals surface area contributed by atoms with Crippen LogP contribution in [0.15, 0.2) is 65.1 Å². The zero-order chi connectivity index (χ0) is 20.9. The van der Waals surface area contributed by atoms with E-state index in [9.17, 15) is 4.79 Å². The minimum absolute atomic E-state index is 0.114. The molecule has 0 saturated carbocycles. The fourth-order valence-electron chi connectivity index (χ4n) is 2.88. The van der Waals surface area contributed by atoms with Crippen LogP contribution in [0.4, 0.5) is 5.13 Å². The van der Waals surface area contributed by atoms with Crippen molar-refractivity contribution in [1.29, 1.82) is 0 Å². The van der Waals surface area contributed by atoms with Crippen LogP contribution in [0.25, 0.3) is 11.3 Å². The van der Waals surface area contributed by atoms with Gasteiger partial charge in [-0.2, -0.15) is 0 Å². The van der Waals surface area contributed by atoms with E-state index in [4.69, 9.17) is 0 Å². The predicted octanol–water partition coefficient (Wildman–Crippen LogP) is 4.57. The average molecular weight is 436 g/mol. The Labute approximate surface area is 183 Å². The maximum atomic E-state index is 12.4. The van der Waals surface area contributed by atoms with Gasteiger partial charge in [0.1, 0.15) is 5.82 Å². The van der Waals surface area contributed by atoms with Crippen LogP contribution in [-0.2, 0) is 18.3 Å². The molecule has 0 saturated heterocycles. The van der Waals surface area contributed by atoms with Gasteiger partial charge in [0.15, 0.2) is 10.3 Å². The first-order valence-electron chi connectivity index (χ1n) is 9.46. The molecule has 0 bridgehead atoms. The van der Waals surface area contributed by atoms with E-state index in [1.54, 1.807) is 0 Å². The Balaban J connectivity index is 1.33. The molecular formula is C22H21N5OS2. The Kier molecular flexibility index (Phi) is 6.25. The Bertz CT molecular complexity index is 1140. The highest BCUT2D eigenvalue weighted by Gasteiger charge is 2.13. The number of carbonyl (C=O) groups excluding carboxylic acids is 1. The number of anilines is 1. The van der Waals surface area contributed by atoms with Crippen LogP contribution >= 0.6 is 23.1 Å². The number of rotatable bonds is 7. The van der Waals surface area contributed by atoms with Gasteiger partial charge in [0.05, 0.1) is 11.4 Å². The van der Waals surface area contributed by atoms with Gasteiger partial charge in [-0.25, -0.2) is 4.98 Å². The number of carbonyl (C=O) groups is 1. The molecule has 1 amide bonds. The maximum Gasteiger partial charge on any atom is 0.236 e. The third kappa shape index (κ3) is 4.95. The minimum Gasteiger partial charge on any atom is -0.309 e. The van der Waals surface area contributed by atoms with Crippen LogP contribution in [0, 0.1) is 6.92 Å². The van der Waals surface area contributed by atoms with Gasteiger partial charge >= 0.3 is 0 Å². The van der Waals surface area contributed by atoms with Crippen molar-refractivity contribution >= 4 is 34.1 Å². The molecule has 2 heterocycles. The van der Waals surface area contributed by atoms with Crippen molar-refractivity contribution in [2.24, 2.45) is 7.05 Å². The largest absolute Gasteiger partial charge is 0.309 e. The third-order valence-electron chi connectivity index (χ3n) is 4.56. The maximum absolute atomic E-state index is 12.4. The van der Waals surface area contributed by atoms with Crippen molar-refractivity contribution in [2.75, 3.05) is 11.1 Å². The van der Waals surface area contributed by atoms with Crippen LogP contribution < -0.4 is 5.32 Å². The number of thioether (sulfide) groups is 1. The second-order valence-electron chi connectivity index (χ2n) is 6.86. The molecule has 0 radical (unpaired) electrons. The molecule has 152 valence electrons. The molecule has 0 aliphatic heterocycles. The van der Waals surface area contributed by atoms with Crippen molar-refractivity contribution < 1.29 is 4.79 Å². The van der Waals surface area contributed by atoms with Gasteiger partial charge in [-0.05, 0) is 12.5 Å². The lowest BCUT2D eigenvalue weighted by molar-refractivity contribution is -0.113. The molecule has 2 aromatic heterocycles. The summed E-state index contributed by atoms with van der Waals surface area (Å²) in [6.07, 6.45) is 0.706. The van der Waals surface area contributed by atoms with Gasteiger partial charge in [-0.3, -0.25) is 4.79 Å². The summed E-state index contributed by atoms with van der Waals surface area (Å²) in [7, 11) is 1.92. The molecule has 1 N–H and O–H groups in total. The molecule has 0 fully saturated rings. The van der Waals surface area contributed by atoms with Crippen molar-refractivity contribution in [2.45, 2.75) is 18.5 Å². The van der Waals surface area contributed by atoms with Crippen LogP contribution in [0.2, 0.25) is 0 Å². The van der Waals surface area contributed by atoms with E-state index < -0.39 is 0 Å². The van der Waals surface area contributed by atoms with E-state index in [2.05, 4.69) is 51.7 Å². The van der Waals surface area contributed by atoms with Crippen molar-refractivity contribution in [3.8, 4) is 11.3 Å². The first-order valence-corrected chi connectivity index (χ1v) is 11.3. The van der Waals surface area contributed by atoms with Crippen molar-refractivity contribution in [3.05, 3.63) is 76.9 Å². The number of amides is 1. The zero-order valence-corrected chi connectivity index (χ0v) is 18.3. The lowest BCUT2D eigenvalue weighted by Crippen LogP contribution is -2.14. The topological polar surface area (TPSA) is 72.7 Å². The molecule has 30 heavy (non-hydrogen) atoms. The molecule has 2 aromatic carbocycles. The summed E-state index contributed by atoms with van der Waals surface area (Å²) < 4.78 is 1.93. The molecule has 8 heteroatoms. The van der Waals surface area contributed by atoms with Gasteiger partial charge in [0, 0.05) is 24.4 Å². The number of nitrogens with zero attached hydrogens (tertiary/aromatic N) is 4. The highest BCUT2D eigenvalue weighted by atomic mass is 32.2. The first-order chi connectivity index (χ1) is 14.6. The van der Waals surface area contributed by atoms with E-state index in [1.165, 1.54) is 34.2 Å². The van der Waals surface area contributed by atoms with Gasteiger partial charge in [0.25, 0.3) is 0 Å². The molecule has 6 nitrogen and oxygen atoms in total. The highest BCUT2D eigenvalue weighted by molar-refractivity contribution is 7.99. The van der Waals surface area contributed by atoms with E-state index in [1.807, 2.05) is 47.3 Å². The lowest BCUT2D eigenvalue weighted by atomic mass is 10.1. The Hall–Kier alpha value is -2.97. The van der Waals surface area contributed by atoms with E-state index >= 15 is 0 Å². The minimum atomic E-state index is -0.114. The number of hydrogen-bond acceptors (Lipinski definition) is 6. The second-order valence-corrected chi connectivity index (χ2v) is 8.66. The van der Waals surface area contributed by atoms with Gasteiger partial charge in [-0.15, -0.1) is 21.5 Å². The number of nitrogens with one attached hydrogen (secondary N) is 1. The number of aryl methyl sites for hydroxylation is 1. The molecule has 0 atom stereocenters. The summed E-state index contributed by atoms with van der Waals surface area (Å²) in [4.78, 5) is 16.9. The monoisotopic (exact) mass is 435 g/mol. The molecule has 0 unspecified atom stereocenters. The van der Waals surface area contributed by atoms with Crippen molar-refractivity contribution in [1.82, 2.24) is 19.7 Å². The summed E-state index contributed by atoms with van der Waals surface area (Å²) in [5, 5.41) is 14.6. The smallest absolute Gasteiger partial charge is 0.236 e. The van der Waals surface area contributed by atoms with Crippen LogP contribution in [0.1, 0.15) is 17.0 Å². The summed E-state index contributed by atoms with van der Waals surface area (Å²) in [6, 6.07) is 18.3. The van der Waals surface area contributed by atoms with Crippen molar-refractivity contribution in [3.63, 3.8) is 0 Å². The number of aromatic nitrogens is 4. The normalized spacial score (nSPS) is 10.9. The Morgan fingerprint density at radius 3 is 2.63 bits per heavy atom. The summed E-state index contributed by atoms with van der Waals surface area (Å²) in [5.41, 5.74) is 4.28. The summed E-state index contributed by atoms with van der Waals surface area (Å²) >= 11 is 2.79. The molecule has 0 spiro atoms. The SMILES string of the molecule is Cc1ccc(-c2csc(NC(=O)CSc3nnc(Cc4ccccc4)n3C)n2)cc1. The van der Waals surface area contributed by atoms with E-state index in [-0.39, 0.29) is 11.7 Å². The number of hydrogen-bond donors (Lipinski definition) is 1. The average Bonchev–Trinajstić information content (AvgIpc) is 3.35. The number of thiazole rings is 1. The molecule has 0 aliphatic carbocycles. The van der Waals surface area contributed by atoms with Gasteiger partial charge in [-0.1, -0.05) is 71.9 Å². The molecule has 4 aromatic rings. The quantitative estimate of drug-likeness (QED) is 0.431. The summed E-state index contributed by atoms with van der Waals surface area (Å²) in [5.74, 6) is 1.00. The lowest BCUT2D eigenvalue weighted by Gasteiger charge is -2.04. The highest BCUT2D eigenvalue weighted by Crippen LogP contribution is 2.25. The van der Waals surface area contributed by atoms with E-state index in [0.29, 0.717) is 11.6 Å². The molecule has 4 rings (SSSR count). The van der Waals surface area contributed by atoms with Crippen LogP contribution in [0.5, 0.6) is 0 Å². The third-order valence-corrected chi connectivity index (χ3v) is 6.34. The first kappa shape index (κ1) is 20.3. The van der Waals surface area contributed by atoms with Gasteiger partial charge < -0.3 is 9.88 Å². The zero-order valence-electron chi connectivity index (χ0n) is 16.7. The van der Waals surface area contributed by atoms with Crippen LogP contribution in [-0.4, -0.2) is 31.4 Å². The second kappa shape index (κ2) is 9.23. The fraction of sp³-hybridized carbons (Fsp3) is 0.182.